The number of aryl methyl sites for hydroxylation is 1. The van der Waals surface area contributed by atoms with Gasteiger partial charge in [-0.15, -0.1) is 0 Å². The second-order valence-electron chi connectivity index (χ2n) is 6.60. The average molecular weight is 305 g/mol. The van der Waals surface area contributed by atoms with Gasteiger partial charge < -0.3 is 10.2 Å². The van der Waals surface area contributed by atoms with Gasteiger partial charge in [0.2, 0.25) is 0 Å². The van der Waals surface area contributed by atoms with E-state index in [1.165, 1.54) is 25.7 Å². The maximum absolute atomic E-state index is 4.41. The van der Waals surface area contributed by atoms with E-state index < -0.39 is 0 Å². The summed E-state index contributed by atoms with van der Waals surface area (Å²) in [5.74, 6) is 2.75. The van der Waals surface area contributed by atoms with E-state index in [1.54, 1.807) is 0 Å². The van der Waals surface area contributed by atoms with Crippen molar-refractivity contribution in [3.63, 3.8) is 0 Å². The lowest BCUT2D eigenvalue weighted by atomic mass is 9.83. The summed E-state index contributed by atoms with van der Waals surface area (Å²) in [7, 11) is 4.02. The Labute approximate surface area is 134 Å². The fourth-order valence-electron chi connectivity index (χ4n) is 3.24. The summed E-state index contributed by atoms with van der Waals surface area (Å²) in [6.07, 6.45) is 10.4. The van der Waals surface area contributed by atoms with E-state index in [-0.39, 0.29) is 0 Å². The van der Waals surface area contributed by atoms with Crippen molar-refractivity contribution in [2.45, 2.75) is 45.6 Å². The molecule has 1 aliphatic rings. The van der Waals surface area contributed by atoms with Crippen LogP contribution in [-0.4, -0.2) is 47.8 Å². The van der Waals surface area contributed by atoms with Crippen LogP contribution >= 0.6 is 0 Å². The zero-order chi connectivity index (χ0) is 15.8. The molecule has 2 rings (SSSR count). The van der Waals surface area contributed by atoms with Crippen LogP contribution in [0.3, 0.4) is 0 Å². The third-order valence-electron chi connectivity index (χ3n) is 4.65. The molecule has 1 N–H and O–H groups in total. The molecule has 5 nitrogen and oxygen atoms in total. The van der Waals surface area contributed by atoms with E-state index in [9.17, 15) is 0 Å². The van der Waals surface area contributed by atoms with Gasteiger partial charge in [0.1, 0.15) is 0 Å². The van der Waals surface area contributed by atoms with E-state index in [0.29, 0.717) is 0 Å². The molecule has 0 aromatic carbocycles. The lowest BCUT2D eigenvalue weighted by molar-refractivity contribution is 0.250. The minimum atomic E-state index is 0.823. The first kappa shape index (κ1) is 16.8. The molecule has 0 spiro atoms. The van der Waals surface area contributed by atoms with Gasteiger partial charge in [-0.05, 0) is 37.2 Å². The van der Waals surface area contributed by atoms with Gasteiger partial charge in [-0.3, -0.25) is 9.67 Å². The Hall–Kier alpha value is -1.52. The first-order valence-corrected chi connectivity index (χ1v) is 8.58. The van der Waals surface area contributed by atoms with E-state index in [2.05, 4.69) is 34.3 Å². The van der Waals surface area contributed by atoms with Crippen LogP contribution in [0.25, 0.3) is 0 Å². The normalized spacial score (nSPS) is 22.6. The molecule has 22 heavy (non-hydrogen) atoms. The van der Waals surface area contributed by atoms with Crippen molar-refractivity contribution < 1.29 is 0 Å². The van der Waals surface area contributed by atoms with Crippen LogP contribution in [0.4, 0.5) is 0 Å². The monoisotopic (exact) mass is 305 g/mol. The van der Waals surface area contributed by atoms with Crippen LogP contribution in [0, 0.1) is 11.8 Å². The number of aromatic nitrogens is 2. The van der Waals surface area contributed by atoms with Crippen LogP contribution in [0.2, 0.25) is 0 Å². The number of nitrogens with zero attached hydrogens (tertiary/aromatic N) is 4. The highest BCUT2D eigenvalue weighted by Gasteiger charge is 2.20. The predicted octanol–water partition coefficient (Wildman–Crippen LogP) is 2.61. The molecule has 0 radical (unpaired) electrons. The first-order chi connectivity index (χ1) is 10.7. The summed E-state index contributed by atoms with van der Waals surface area (Å²) in [6.45, 7) is 5.37. The molecule has 5 heteroatoms. The van der Waals surface area contributed by atoms with Crippen LogP contribution in [0.5, 0.6) is 0 Å². The molecule has 0 bridgehead atoms. The van der Waals surface area contributed by atoms with Crippen LogP contribution in [-0.2, 0) is 6.54 Å². The molecule has 1 aromatic heterocycles. The van der Waals surface area contributed by atoms with Crippen molar-refractivity contribution in [2.24, 2.45) is 16.8 Å². The van der Waals surface area contributed by atoms with Gasteiger partial charge >= 0.3 is 0 Å². The van der Waals surface area contributed by atoms with Crippen molar-refractivity contribution >= 4 is 5.96 Å². The number of rotatable bonds is 6. The molecule has 1 saturated carbocycles. The van der Waals surface area contributed by atoms with Gasteiger partial charge in [-0.2, -0.15) is 5.10 Å². The van der Waals surface area contributed by atoms with Crippen molar-refractivity contribution in [2.75, 3.05) is 27.2 Å². The third-order valence-corrected chi connectivity index (χ3v) is 4.65. The topological polar surface area (TPSA) is 45.5 Å². The Balaban J connectivity index is 1.66. The van der Waals surface area contributed by atoms with Crippen LogP contribution < -0.4 is 5.32 Å². The molecular formula is C17H31N5. The predicted molar refractivity (Wildman–Crippen MR) is 92.0 cm³/mol. The van der Waals surface area contributed by atoms with Crippen molar-refractivity contribution in [3.05, 3.63) is 18.5 Å². The summed E-state index contributed by atoms with van der Waals surface area (Å²) >= 11 is 0. The molecular weight excluding hydrogens is 274 g/mol. The largest absolute Gasteiger partial charge is 0.356 e. The van der Waals surface area contributed by atoms with Crippen LogP contribution in [0.15, 0.2) is 23.5 Å². The molecule has 0 saturated heterocycles. The van der Waals surface area contributed by atoms with Crippen molar-refractivity contribution in [1.82, 2.24) is 20.0 Å². The zero-order valence-electron chi connectivity index (χ0n) is 14.3. The van der Waals surface area contributed by atoms with Gasteiger partial charge in [-0.1, -0.05) is 19.8 Å². The Morgan fingerprint density at radius 3 is 2.77 bits per heavy atom. The molecule has 0 aliphatic heterocycles. The number of hydrogen-bond donors (Lipinski definition) is 1. The molecule has 124 valence electrons. The van der Waals surface area contributed by atoms with Crippen molar-refractivity contribution in [3.8, 4) is 0 Å². The van der Waals surface area contributed by atoms with Gasteiger partial charge in [0.15, 0.2) is 5.96 Å². The second-order valence-corrected chi connectivity index (χ2v) is 6.60. The van der Waals surface area contributed by atoms with Gasteiger partial charge in [-0.25, -0.2) is 0 Å². The molecule has 1 aromatic rings. The summed E-state index contributed by atoms with van der Waals surface area (Å²) in [6, 6.07) is 1.96. The number of hydrogen-bond acceptors (Lipinski definition) is 2. The summed E-state index contributed by atoms with van der Waals surface area (Å²) in [5.41, 5.74) is 0. The van der Waals surface area contributed by atoms with Crippen molar-refractivity contribution in [1.29, 1.82) is 0 Å². The first-order valence-electron chi connectivity index (χ1n) is 8.58. The summed E-state index contributed by atoms with van der Waals surface area (Å²) < 4.78 is 1.97. The van der Waals surface area contributed by atoms with Gasteiger partial charge in [0.25, 0.3) is 0 Å². The minimum Gasteiger partial charge on any atom is -0.356 e. The maximum atomic E-state index is 4.41. The second kappa shape index (κ2) is 8.81. The smallest absolute Gasteiger partial charge is 0.193 e. The Morgan fingerprint density at radius 2 is 2.14 bits per heavy atom. The molecule has 1 aliphatic carbocycles. The van der Waals surface area contributed by atoms with Crippen LogP contribution in [0.1, 0.15) is 39.0 Å². The lowest BCUT2D eigenvalue weighted by Crippen LogP contribution is -2.42. The minimum absolute atomic E-state index is 0.823. The SMILES string of the molecule is CN=C(NCCCn1cccn1)N(C)CC1CCC(C)CC1. The number of nitrogens with one attached hydrogen (secondary N) is 1. The van der Waals surface area contributed by atoms with E-state index in [1.807, 2.05) is 30.2 Å². The molecule has 1 heterocycles. The highest BCUT2D eigenvalue weighted by molar-refractivity contribution is 5.79. The quantitative estimate of drug-likeness (QED) is 0.499. The fourth-order valence-corrected chi connectivity index (χ4v) is 3.24. The Bertz CT molecular complexity index is 432. The molecule has 0 amide bonds. The van der Waals surface area contributed by atoms with E-state index in [0.717, 1.165) is 43.9 Å². The van der Waals surface area contributed by atoms with E-state index >= 15 is 0 Å². The Morgan fingerprint density at radius 1 is 1.36 bits per heavy atom. The molecule has 0 atom stereocenters. The highest BCUT2D eigenvalue weighted by atomic mass is 15.3. The highest BCUT2D eigenvalue weighted by Crippen LogP contribution is 2.28. The number of aliphatic imine (C=N–C) groups is 1. The van der Waals surface area contributed by atoms with E-state index in [4.69, 9.17) is 0 Å². The average Bonchev–Trinajstić information content (AvgIpc) is 3.03. The standard InChI is InChI=1S/C17H31N5/c1-15-6-8-16(9-7-15)14-21(3)17(18-2)19-10-4-12-22-13-5-11-20-22/h5,11,13,15-16H,4,6-10,12,14H2,1-3H3,(H,18,19). The lowest BCUT2D eigenvalue weighted by Gasteiger charge is -2.31. The molecule has 1 fully saturated rings. The summed E-state index contributed by atoms with van der Waals surface area (Å²) in [4.78, 5) is 6.70. The third kappa shape index (κ3) is 5.35. The Kier molecular flexibility index (Phi) is 6.74. The maximum Gasteiger partial charge on any atom is 0.193 e. The number of guanidine groups is 1. The summed E-state index contributed by atoms with van der Waals surface area (Å²) in [5, 5.41) is 7.68. The molecule has 0 unspecified atom stereocenters. The fraction of sp³-hybridized carbons (Fsp3) is 0.765. The van der Waals surface area contributed by atoms with Gasteiger partial charge in [0, 0.05) is 46.1 Å². The van der Waals surface area contributed by atoms with Gasteiger partial charge in [0.05, 0.1) is 0 Å². The zero-order valence-corrected chi connectivity index (χ0v) is 14.3.